The van der Waals surface area contributed by atoms with E-state index in [0.717, 1.165) is 25.7 Å². The summed E-state index contributed by atoms with van der Waals surface area (Å²) in [4.78, 5) is 0. The van der Waals surface area contributed by atoms with Crippen LogP contribution in [-0.4, -0.2) is 19.6 Å². The molecule has 0 rings (SSSR count). The van der Waals surface area contributed by atoms with Gasteiger partial charge in [0, 0.05) is 5.92 Å². The van der Waals surface area contributed by atoms with Crippen molar-refractivity contribution in [2.45, 2.75) is 149 Å². The summed E-state index contributed by atoms with van der Waals surface area (Å²) in [6.07, 6.45) is 31.0. The van der Waals surface area contributed by atoms with E-state index in [-0.39, 0.29) is 63.9 Å². The maximum absolute atomic E-state index is 10.8. The molecule has 192 valence electrons. The first-order valence-electron chi connectivity index (χ1n) is 13.8. The maximum Gasteiger partial charge on any atom is 1.00 e. The summed E-state index contributed by atoms with van der Waals surface area (Å²) in [6, 6.07) is 0. The first-order chi connectivity index (χ1) is 15.5. The summed E-state index contributed by atoms with van der Waals surface area (Å²) in [7, 11) is -4.61. The standard InChI is InChI=1S/C27H54O4S.K/c1-3-5-7-9-11-12-13-14-15-16-17-18-19-21-23-25-27(26-31-32(28,29)30)24-22-20-10-8-6-4-2;/h22,24,27H,3-21,23,25-26H2,1-2H3,(H,28,29,30);/q;+1/p-1/b24-22+;. The quantitative estimate of drug-likeness (QED) is 0.0504. The average Bonchev–Trinajstić information content (AvgIpc) is 2.75. The van der Waals surface area contributed by atoms with E-state index in [1.54, 1.807) is 0 Å². The molecule has 0 aliphatic rings. The molecule has 0 amide bonds. The topological polar surface area (TPSA) is 66.4 Å². The smallest absolute Gasteiger partial charge is 0.726 e. The van der Waals surface area contributed by atoms with E-state index in [4.69, 9.17) is 0 Å². The van der Waals surface area contributed by atoms with E-state index in [9.17, 15) is 13.0 Å². The summed E-state index contributed by atoms with van der Waals surface area (Å²) < 4.78 is 36.9. The van der Waals surface area contributed by atoms with Gasteiger partial charge in [-0.3, -0.25) is 4.18 Å². The van der Waals surface area contributed by atoms with Crippen LogP contribution in [0.5, 0.6) is 0 Å². The number of hydrogen-bond acceptors (Lipinski definition) is 4. The number of hydrogen-bond donors (Lipinski definition) is 0. The molecule has 0 spiro atoms. The Bertz CT molecular complexity index is 508. The van der Waals surface area contributed by atoms with Crippen molar-refractivity contribution in [1.29, 1.82) is 0 Å². The summed E-state index contributed by atoms with van der Waals surface area (Å²) in [5.41, 5.74) is 0. The van der Waals surface area contributed by atoms with Crippen molar-refractivity contribution in [2.75, 3.05) is 6.61 Å². The molecule has 0 heterocycles. The fourth-order valence-electron chi connectivity index (χ4n) is 4.16. The molecule has 4 nitrogen and oxygen atoms in total. The molecular weight excluding hydrogens is 459 g/mol. The largest absolute Gasteiger partial charge is 1.00 e. The van der Waals surface area contributed by atoms with Gasteiger partial charge in [0.1, 0.15) is 0 Å². The fourth-order valence-corrected chi connectivity index (χ4v) is 4.50. The molecule has 0 aromatic carbocycles. The van der Waals surface area contributed by atoms with Crippen LogP contribution in [0.1, 0.15) is 149 Å². The first-order valence-corrected chi connectivity index (χ1v) is 15.1. The van der Waals surface area contributed by atoms with E-state index in [2.05, 4.69) is 30.2 Å². The van der Waals surface area contributed by atoms with Crippen LogP contribution in [-0.2, 0) is 14.6 Å². The molecule has 0 saturated heterocycles. The third-order valence-electron chi connectivity index (χ3n) is 6.24. The Labute approximate surface area is 249 Å². The minimum atomic E-state index is -4.61. The minimum absolute atomic E-state index is 0. The van der Waals surface area contributed by atoms with Gasteiger partial charge >= 0.3 is 51.4 Å². The van der Waals surface area contributed by atoms with Gasteiger partial charge in [-0.05, 0) is 19.3 Å². The van der Waals surface area contributed by atoms with Crippen molar-refractivity contribution in [1.82, 2.24) is 0 Å². The van der Waals surface area contributed by atoms with E-state index in [1.165, 1.54) is 109 Å². The Morgan fingerprint density at radius 3 is 1.48 bits per heavy atom. The number of unbranched alkanes of at least 4 members (excludes halogenated alkanes) is 18. The third-order valence-corrected chi connectivity index (χ3v) is 6.66. The minimum Gasteiger partial charge on any atom is -0.726 e. The molecular formula is C27H53KO4S. The normalized spacial score (nSPS) is 12.8. The molecule has 0 aliphatic heterocycles. The van der Waals surface area contributed by atoms with Crippen LogP contribution in [0, 0.1) is 5.92 Å². The molecule has 0 aromatic rings. The molecule has 1 atom stereocenters. The van der Waals surface area contributed by atoms with Gasteiger partial charge in [0.15, 0.2) is 0 Å². The van der Waals surface area contributed by atoms with Gasteiger partial charge in [0.25, 0.3) is 0 Å². The molecule has 0 saturated carbocycles. The summed E-state index contributed by atoms with van der Waals surface area (Å²) in [6.45, 7) is 4.45. The second-order valence-electron chi connectivity index (χ2n) is 9.47. The predicted octanol–water partition coefficient (Wildman–Crippen LogP) is 5.87. The van der Waals surface area contributed by atoms with E-state index >= 15 is 0 Å². The fraction of sp³-hybridized carbons (Fsp3) is 0.926. The molecule has 0 aliphatic carbocycles. The van der Waals surface area contributed by atoms with E-state index in [1.807, 2.05) is 0 Å². The van der Waals surface area contributed by atoms with E-state index < -0.39 is 10.4 Å². The zero-order chi connectivity index (χ0) is 23.8. The van der Waals surface area contributed by atoms with Gasteiger partial charge in [0.05, 0.1) is 6.61 Å². The van der Waals surface area contributed by atoms with Crippen LogP contribution in [0.25, 0.3) is 0 Å². The van der Waals surface area contributed by atoms with Crippen LogP contribution in [0.2, 0.25) is 0 Å². The van der Waals surface area contributed by atoms with Crippen molar-refractivity contribution in [3.63, 3.8) is 0 Å². The van der Waals surface area contributed by atoms with E-state index in [0.29, 0.717) is 0 Å². The Kier molecular flexibility index (Phi) is 30.7. The molecule has 6 heteroatoms. The molecule has 0 fully saturated rings. The molecule has 0 bridgehead atoms. The predicted molar refractivity (Wildman–Crippen MR) is 137 cm³/mol. The Morgan fingerprint density at radius 1 is 0.667 bits per heavy atom. The van der Waals surface area contributed by atoms with Crippen molar-refractivity contribution in [3.8, 4) is 0 Å². The maximum atomic E-state index is 10.8. The Hall–Kier alpha value is 1.25. The molecule has 1 unspecified atom stereocenters. The summed E-state index contributed by atoms with van der Waals surface area (Å²) in [5.74, 6) is 0.0203. The molecule has 0 N–H and O–H groups in total. The number of allylic oxidation sites excluding steroid dienone is 1. The third kappa shape index (κ3) is 31.2. The molecule has 0 radical (unpaired) electrons. The van der Waals surface area contributed by atoms with Crippen molar-refractivity contribution >= 4 is 10.4 Å². The average molecular weight is 513 g/mol. The Balaban J connectivity index is 0. The van der Waals surface area contributed by atoms with Gasteiger partial charge in [-0.25, -0.2) is 8.42 Å². The molecule has 33 heavy (non-hydrogen) atoms. The Morgan fingerprint density at radius 2 is 1.06 bits per heavy atom. The van der Waals surface area contributed by atoms with Crippen LogP contribution < -0.4 is 51.4 Å². The SMILES string of the molecule is CCCCCC/C=C/C(CCCCCCCCCCCCCCCCC)COS(=O)(=O)[O-].[K+]. The summed E-state index contributed by atoms with van der Waals surface area (Å²) >= 11 is 0. The second kappa shape index (κ2) is 27.8. The van der Waals surface area contributed by atoms with Crippen LogP contribution in [0.15, 0.2) is 12.2 Å². The van der Waals surface area contributed by atoms with Gasteiger partial charge in [0.2, 0.25) is 10.4 Å². The first kappa shape index (κ1) is 36.4. The zero-order valence-corrected chi connectivity index (χ0v) is 26.3. The van der Waals surface area contributed by atoms with Crippen molar-refractivity contribution < 1.29 is 68.5 Å². The monoisotopic (exact) mass is 512 g/mol. The van der Waals surface area contributed by atoms with Gasteiger partial charge in [-0.1, -0.05) is 142 Å². The number of rotatable bonds is 25. The van der Waals surface area contributed by atoms with Gasteiger partial charge in [-0.15, -0.1) is 0 Å². The van der Waals surface area contributed by atoms with Crippen LogP contribution >= 0.6 is 0 Å². The van der Waals surface area contributed by atoms with Crippen molar-refractivity contribution in [3.05, 3.63) is 12.2 Å². The zero-order valence-electron chi connectivity index (χ0n) is 22.3. The van der Waals surface area contributed by atoms with Crippen molar-refractivity contribution in [2.24, 2.45) is 5.92 Å². The van der Waals surface area contributed by atoms with Crippen LogP contribution in [0.3, 0.4) is 0 Å². The van der Waals surface area contributed by atoms with Gasteiger partial charge in [-0.2, -0.15) is 0 Å². The van der Waals surface area contributed by atoms with Gasteiger partial charge < -0.3 is 4.55 Å². The van der Waals surface area contributed by atoms with Crippen LogP contribution in [0.4, 0.5) is 0 Å². The molecule has 0 aromatic heterocycles. The second-order valence-corrected chi connectivity index (χ2v) is 10.5. The summed E-state index contributed by atoms with van der Waals surface area (Å²) in [5, 5.41) is 0.